The molecular weight excluding hydrogens is 236 g/mol. The van der Waals surface area contributed by atoms with Gasteiger partial charge in [-0.05, 0) is 39.9 Å². The van der Waals surface area contributed by atoms with Gasteiger partial charge in [-0.15, -0.1) is 0 Å². The number of amides is 2. The summed E-state index contributed by atoms with van der Waals surface area (Å²) in [6.07, 6.45) is 1.05. The minimum absolute atomic E-state index is 0.0833. The highest BCUT2D eigenvalue weighted by Crippen LogP contribution is 2.02. The van der Waals surface area contributed by atoms with Gasteiger partial charge in [0.25, 0.3) is 0 Å². The van der Waals surface area contributed by atoms with Crippen molar-refractivity contribution in [3.05, 3.63) is 0 Å². The van der Waals surface area contributed by atoms with E-state index in [1.54, 1.807) is 18.7 Å². The number of hydrogen-bond acceptors (Lipinski definition) is 3. The van der Waals surface area contributed by atoms with Crippen molar-refractivity contribution in [3.63, 3.8) is 0 Å². The van der Waals surface area contributed by atoms with Gasteiger partial charge in [-0.3, -0.25) is 9.59 Å². The van der Waals surface area contributed by atoms with E-state index in [1.807, 2.05) is 20.8 Å². The Kier molecular flexibility index (Phi) is 7.27. The maximum Gasteiger partial charge on any atom is 0.242 e. The Morgan fingerprint density at radius 2 is 1.88 bits per heavy atom. The Bertz CT molecular complexity index is 262. The lowest BCUT2D eigenvalue weighted by Gasteiger charge is -2.23. The van der Waals surface area contributed by atoms with Gasteiger partial charge in [-0.1, -0.05) is 6.92 Å². The fraction of sp³-hybridized carbons (Fsp3) is 0.833. The van der Waals surface area contributed by atoms with E-state index in [2.05, 4.69) is 17.6 Å². The predicted octanol–water partition coefficient (Wildman–Crippen LogP) is 1.55. The van der Waals surface area contributed by atoms with E-state index in [9.17, 15) is 9.59 Å². The van der Waals surface area contributed by atoms with Crippen LogP contribution in [0.25, 0.3) is 0 Å². The van der Waals surface area contributed by atoms with Gasteiger partial charge in [-0.25, -0.2) is 0 Å². The van der Waals surface area contributed by atoms with E-state index < -0.39 is 6.04 Å². The van der Waals surface area contributed by atoms with Crippen LogP contribution in [-0.4, -0.2) is 34.9 Å². The van der Waals surface area contributed by atoms with Gasteiger partial charge in [-0.2, -0.15) is 11.8 Å². The van der Waals surface area contributed by atoms with E-state index in [0.29, 0.717) is 5.75 Å². The number of nitrogens with one attached hydrogen (secondary N) is 2. The molecule has 4 nitrogen and oxygen atoms in total. The molecule has 0 aromatic carbocycles. The van der Waals surface area contributed by atoms with Crippen LogP contribution in [0.5, 0.6) is 0 Å². The van der Waals surface area contributed by atoms with E-state index in [0.717, 1.165) is 12.2 Å². The minimum Gasteiger partial charge on any atom is -0.350 e. The van der Waals surface area contributed by atoms with Crippen LogP contribution in [0.3, 0.4) is 0 Å². The molecule has 0 fully saturated rings. The van der Waals surface area contributed by atoms with Crippen molar-refractivity contribution in [2.75, 3.05) is 11.5 Å². The van der Waals surface area contributed by atoms with Crippen molar-refractivity contribution in [2.24, 2.45) is 0 Å². The van der Waals surface area contributed by atoms with Crippen LogP contribution in [0, 0.1) is 0 Å². The molecule has 0 bridgehead atoms. The second kappa shape index (κ2) is 7.58. The number of rotatable bonds is 6. The first kappa shape index (κ1) is 16.3. The van der Waals surface area contributed by atoms with Gasteiger partial charge in [0.15, 0.2) is 0 Å². The van der Waals surface area contributed by atoms with Gasteiger partial charge < -0.3 is 10.6 Å². The molecule has 0 aliphatic carbocycles. The Morgan fingerprint density at radius 1 is 1.29 bits per heavy atom. The molecule has 5 heteroatoms. The van der Waals surface area contributed by atoms with Crippen molar-refractivity contribution in [2.45, 2.75) is 52.6 Å². The monoisotopic (exact) mass is 260 g/mol. The van der Waals surface area contributed by atoms with E-state index in [1.165, 1.54) is 0 Å². The molecule has 100 valence electrons. The minimum atomic E-state index is -0.482. The van der Waals surface area contributed by atoms with Gasteiger partial charge >= 0.3 is 0 Å². The van der Waals surface area contributed by atoms with Gasteiger partial charge in [0.1, 0.15) is 6.04 Å². The highest BCUT2D eigenvalue weighted by Gasteiger charge is 2.20. The third-order valence-corrected chi connectivity index (χ3v) is 3.01. The lowest BCUT2D eigenvalue weighted by atomic mass is 10.1. The maximum atomic E-state index is 11.7. The van der Waals surface area contributed by atoms with Crippen LogP contribution in [0.4, 0.5) is 0 Å². The highest BCUT2D eigenvalue weighted by atomic mass is 32.2. The zero-order valence-corrected chi connectivity index (χ0v) is 12.2. The zero-order valence-electron chi connectivity index (χ0n) is 11.4. The average Bonchev–Trinajstić information content (AvgIpc) is 2.15. The Balaban J connectivity index is 3.95. The summed E-state index contributed by atoms with van der Waals surface area (Å²) >= 11 is 1.58. The molecule has 0 aliphatic heterocycles. The average molecular weight is 260 g/mol. The Hall–Kier alpha value is -0.710. The summed E-state index contributed by atoms with van der Waals surface area (Å²) in [6, 6.07) is -0.482. The molecule has 1 atom stereocenters. The first-order valence-corrected chi connectivity index (χ1v) is 7.11. The normalized spacial score (nSPS) is 13.0. The molecule has 0 aromatic rings. The Labute approximate surface area is 108 Å². The van der Waals surface area contributed by atoms with Crippen molar-refractivity contribution in [1.29, 1.82) is 0 Å². The van der Waals surface area contributed by atoms with Crippen LogP contribution in [0.1, 0.15) is 41.0 Å². The third-order valence-electron chi connectivity index (χ3n) is 1.85. The predicted molar refractivity (Wildman–Crippen MR) is 73.1 cm³/mol. The number of thioether (sulfide) groups is 1. The first-order valence-electron chi connectivity index (χ1n) is 5.95. The van der Waals surface area contributed by atoms with E-state index in [-0.39, 0.29) is 17.4 Å². The molecule has 2 amide bonds. The van der Waals surface area contributed by atoms with Crippen molar-refractivity contribution >= 4 is 23.6 Å². The largest absolute Gasteiger partial charge is 0.350 e. The summed E-state index contributed by atoms with van der Waals surface area (Å²) in [6.45, 7) is 9.51. The van der Waals surface area contributed by atoms with Crippen LogP contribution in [-0.2, 0) is 9.59 Å². The molecule has 2 N–H and O–H groups in total. The van der Waals surface area contributed by atoms with Crippen LogP contribution < -0.4 is 10.6 Å². The molecule has 0 radical (unpaired) electrons. The standard InChI is InChI=1S/C12H24N2O2S/c1-6-7-17-8-10(15)13-9(2)11(16)14-12(3,4)5/h9H,6-8H2,1-5H3,(H,13,15)(H,14,16). The summed E-state index contributed by atoms with van der Waals surface area (Å²) in [4.78, 5) is 23.2. The summed E-state index contributed by atoms with van der Waals surface area (Å²) in [5.74, 6) is 1.16. The summed E-state index contributed by atoms with van der Waals surface area (Å²) < 4.78 is 0. The molecule has 0 rings (SSSR count). The summed E-state index contributed by atoms with van der Waals surface area (Å²) in [5.41, 5.74) is -0.271. The van der Waals surface area contributed by atoms with E-state index in [4.69, 9.17) is 0 Å². The lowest BCUT2D eigenvalue weighted by Crippen LogP contribution is -2.51. The zero-order chi connectivity index (χ0) is 13.5. The molecule has 0 heterocycles. The molecule has 0 aromatic heterocycles. The number of hydrogen-bond donors (Lipinski definition) is 2. The fourth-order valence-electron chi connectivity index (χ4n) is 1.14. The fourth-order valence-corrected chi connectivity index (χ4v) is 1.84. The molecule has 1 unspecified atom stereocenters. The lowest BCUT2D eigenvalue weighted by molar-refractivity contribution is -0.128. The second-order valence-electron chi connectivity index (χ2n) is 5.08. The molecule has 0 aliphatic rings. The quantitative estimate of drug-likeness (QED) is 0.712. The molecule has 0 saturated heterocycles. The summed E-state index contributed by atoms with van der Waals surface area (Å²) in [7, 11) is 0. The molecule has 0 saturated carbocycles. The van der Waals surface area contributed by atoms with Crippen molar-refractivity contribution < 1.29 is 9.59 Å². The van der Waals surface area contributed by atoms with Gasteiger partial charge in [0, 0.05) is 5.54 Å². The van der Waals surface area contributed by atoms with Gasteiger partial charge in [0.05, 0.1) is 5.75 Å². The molecular formula is C12H24N2O2S. The number of carbonyl (C=O) groups is 2. The highest BCUT2D eigenvalue weighted by molar-refractivity contribution is 7.99. The smallest absolute Gasteiger partial charge is 0.242 e. The Morgan fingerprint density at radius 3 is 2.35 bits per heavy atom. The van der Waals surface area contributed by atoms with Crippen molar-refractivity contribution in [3.8, 4) is 0 Å². The number of carbonyl (C=O) groups excluding carboxylic acids is 2. The molecule has 17 heavy (non-hydrogen) atoms. The SMILES string of the molecule is CCCSCC(=O)NC(C)C(=O)NC(C)(C)C. The van der Waals surface area contributed by atoms with Crippen LogP contribution in [0.15, 0.2) is 0 Å². The molecule has 0 spiro atoms. The van der Waals surface area contributed by atoms with Gasteiger partial charge in [0.2, 0.25) is 11.8 Å². The van der Waals surface area contributed by atoms with Crippen LogP contribution in [0.2, 0.25) is 0 Å². The third kappa shape index (κ3) is 9.03. The summed E-state index contributed by atoms with van der Waals surface area (Å²) in [5, 5.41) is 5.52. The second-order valence-corrected chi connectivity index (χ2v) is 6.19. The van der Waals surface area contributed by atoms with Crippen molar-refractivity contribution in [1.82, 2.24) is 10.6 Å². The topological polar surface area (TPSA) is 58.2 Å². The maximum absolute atomic E-state index is 11.7. The van der Waals surface area contributed by atoms with Crippen LogP contribution >= 0.6 is 11.8 Å². The van der Waals surface area contributed by atoms with E-state index >= 15 is 0 Å². The first-order chi connectivity index (χ1) is 7.76.